The highest BCUT2D eigenvalue weighted by Gasteiger charge is 2.74. The minimum Gasteiger partial charge on any atom is -0.462 e. The first kappa shape index (κ1) is 33.1. The Morgan fingerprint density at radius 1 is 1.09 bits per heavy atom. The maximum absolute atomic E-state index is 14.1. The molecule has 0 aliphatic carbocycles. The van der Waals surface area contributed by atoms with Gasteiger partial charge in [-0.1, -0.05) is 11.6 Å². The summed E-state index contributed by atoms with van der Waals surface area (Å²) in [5.74, 6) is -13.8. The molecule has 0 fully saturated rings. The van der Waals surface area contributed by atoms with Gasteiger partial charge in [-0.05, 0) is 72.3 Å². The van der Waals surface area contributed by atoms with E-state index in [9.17, 15) is 40.3 Å². The SMILES string of the molecule is CCOC(=O)c1cc(I)cc(C)c1NC(=O)c1cc(Cn2ncc(C(F)(F)C(F)(F)C(F)(F)F)n2)nn1-c1ncccc1Cl. The van der Waals surface area contributed by atoms with Crippen molar-refractivity contribution in [3.63, 3.8) is 0 Å². The zero-order chi connectivity index (χ0) is 32.6. The lowest BCUT2D eigenvalue weighted by molar-refractivity contribution is -0.360. The Labute approximate surface area is 261 Å². The number of aromatic nitrogens is 6. The van der Waals surface area contributed by atoms with Gasteiger partial charge in [0, 0.05) is 9.77 Å². The van der Waals surface area contributed by atoms with E-state index in [1.807, 2.05) is 22.6 Å². The van der Waals surface area contributed by atoms with E-state index >= 15 is 0 Å². The summed E-state index contributed by atoms with van der Waals surface area (Å²) in [4.78, 5) is 30.7. The van der Waals surface area contributed by atoms with Crippen molar-refractivity contribution in [3.8, 4) is 5.82 Å². The second-order valence-corrected chi connectivity index (χ2v) is 10.6. The van der Waals surface area contributed by atoms with Gasteiger partial charge in [-0.15, -0.1) is 0 Å². The summed E-state index contributed by atoms with van der Waals surface area (Å²) in [5, 5.41) is 13.3. The number of carbonyl (C=O) groups excluding carboxylic acids is 2. The first-order valence-corrected chi connectivity index (χ1v) is 13.6. The predicted octanol–water partition coefficient (Wildman–Crippen LogP) is 6.19. The molecule has 0 atom stereocenters. The molecule has 1 N–H and O–H groups in total. The summed E-state index contributed by atoms with van der Waals surface area (Å²) in [5.41, 5.74) is -1.64. The molecular formula is C25H18ClF7IN7O3. The maximum Gasteiger partial charge on any atom is 0.460 e. The average molecular weight is 760 g/mol. The van der Waals surface area contributed by atoms with Gasteiger partial charge in [0.25, 0.3) is 5.91 Å². The average Bonchev–Trinajstić information content (AvgIpc) is 3.57. The van der Waals surface area contributed by atoms with Crippen LogP contribution in [0.25, 0.3) is 5.82 Å². The topological polar surface area (TPSA) is 117 Å². The van der Waals surface area contributed by atoms with Crippen molar-refractivity contribution in [3.05, 3.63) is 79.5 Å². The number of halogens is 9. The Kier molecular flexibility index (Phi) is 9.24. The molecule has 10 nitrogen and oxygen atoms in total. The van der Waals surface area contributed by atoms with E-state index in [0.717, 1.165) is 10.7 Å². The smallest absolute Gasteiger partial charge is 0.460 e. The second-order valence-electron chi connectivity index (χ2n) is 8.97. The molecule has 0 aliphatic rings. The number of esters is 1. The molecule has 3 heterocycles. The number of carbonyl (C=O) groups is 2. The van der Waals surface area contributed by atoms with E-state index in [0.29, 0.717) is 13.9 Å². The molecule has 0 saturated carbocycles. The molecule has 3 aromatic heterocycles. The number of alkyl halides is 7. The van der Waals surface area contributed by atoms with E-state index in [4.69, 9.17) is 16.3 Å². The molecule has 0 aliphatic heterocycles. The fourth-order valence-electron chi connectivity index (χ4n) is 3.82. The summed E-state index contributed by atoms with van der Waals surface area (Å²) in [7, 11) is 0. The highest BCUT2D eigenvalue weighted by Crippen LogP contribution is 2.51. The Bertz CT molecular complexity index is 1730. The van der Waals surface area contributed by atoms with Crippen molar-refractivity contribution in [1.29, 1.82) is 0 Å². The van der Waals surface area contributed by atoms with Gasteiger partial charge in [-0.25, -0.2) is 14.5 Å². The van der Waals surface area contributed by atoms with Gasteiger partial charge in [-0.3, -0.25) is 4.79 Å². The Hall–Kier alpha value is -3.81. The molecule has 4 rings (SSSR count). The molecule has 0 saturated heterocycles. The van der Waals surface area contributed by atoms with Crippen LogP contribution in [-0.4, -0.2) is 60.3 Å². The molecule has 44 heavy (non-hydrogen) atoms. The van der Waals surface area contributed by atoms with Crippen LogP contribution in [0.1, 0.15) is 44.7 Å². The quantitative estimate of drug-likeness (QED) is 0.123. The number of hydrogen-bond acceptors (Lipinski definition) is 7. The monoisotopic (exact) mass is 759 g/mol. The number of ether oxygens (including phenoxy) is 1. The largest absolute Gasteiger partial charge is 0.462 e. The van der Waals surface area contributed by atoms with Crippen molar-refractivity contribution in [2.24, 2.45) is 0 Å². The molecule has 19 heteroatoms. The first-order valence-electron chi connectivity index (χ1n) is 12.2. The van der Waals surface area contributed by atoms with Gasteiger partial charge in [0.15, 0.2) is 11.5 Å². The second kappa shape index (κ2) is 12.3. The number of amides is 1. The third-order valence-electron chi connectivity index (χ3n) is 5.88. The molecule has 234 valence electrons. The molecule has 4 aromatic rings. The lowest BCUT2D eigenvalue weighted by Crippen LogP contribution is -2.50. The minimum atomic E-state index is -6.56. The molecule has 0 radical (unpaired) electrons. The van der Waals surface area contributed by atoms with Crippen molar-refractivity contribution >= 4 is 51.8 Å². The summed E-state index contributed by atoms with van der Waals surface area (Å²) in [6, 6.07) is 7.24. The lowest BCUT2D eigenvalue weighted by Gasteiger charge is -2.26. The number of nitrogens with zero attached hydrogens (tertiary/aromatic N) is 6. The number of benzene rings is 1. The Balaban J connectivity index is 1.73. The molecule has 1 amide bonds. The van der Waals surface area contributed by atoms with Crippen molar-refractivity contribution in [2.75, 3.05) is 11.9 Å². The van der Waals surface area contributed by atoms with Crippen LogP contribution in [0.4, 0.5) is 36.4 Å². The molecule has 0 spiro atoms. The third-order valence-corrected chi connectivity index (χ3v) is 6.80. The van der Waals surface area contributed by atoms with Crippen LogP contribution in [0.2, 0.25) is 5.02 Å². The summed E-state index contributed by atoms with van der Waals surface area (Å²) < 4.78 is 99.8. The van der Waals surface area contributed by atoms with E-state index in [1.54, 1.807) is 19.9 Å². The predicted molar refractivity (Wildman–Crippen MR) is 148 cm³/mol. The van der Waals surface area contributed by atoms with Crippen molar-refractivity contribution < 1.29 is 45.1 Å². The zero-order valence-corrected chi connectivity index (χ0v) is 25.2. The van der Waals surface area contributed by atoms with E-state index in [2.05, 4.69) is 25.6 Å². The first-order chi connectivity index (χ1) is 20.5. The Morgan fingerprint density at radius 2 is 1.80 bits per heavy atom. The van der Waals surface area contributed by atoms with Gasteiger partial charge in [0.1, 0.15) is 12.2 Å². The fraction of sp³-hybridized carbons (Fsp3) is 0.280. The van der Waals surface area contributed by atoms with Gasteiger partial charge < -0.3 is 10.1 Å². The van der Waals surface area contributed by atoms with E-state index < -0.39 is 42.1 Å². The number of pyridine rings is 1. The highest BCUT2D eigenvalue weighted by molar-refractivity contribution is 14.1. The molecule has 0 bridgehead atoms. The summed E-state index contributed by atoms with van der Waals surface area (Å²) in [6.45, 7) is 2.65. The highest BCUT2D eigenvalue weighted by atomic mass is 127. The lowest BCUT2D eigenvalue weighted by atomic mass is 10.1. The van der Waals surface area contributed by atoms with Crippen molar-refractivity contribution in [1.82, 2.24) is 29.8 Å². The zero-order valence-electron chi connectivity index (χ0n) is 22.3. The van der Waals surface area contributed by atoms with Crippen LogP contribution < -0.4 is 5.32 Å². The number of aryl methyl sites for hydroxylation is 1. The number of anilines is 1. The van der Waals surface area contributed by atoms with E-state index in [1.165, 1.54) is 24.4 Å². The van der Waals surface area contributed by atoms with E-state index in [-0.39, 0.29) is 46.3 Å². The number of hydrogen-bond donors (Lipinski definition) is 1. The van der Waals surface area contributed by atoms with Gasteiger partial charge in [0.05, 0.1) is 34.8 Å². The minimum absolute atomic E-state index is 0.0300. The number of nitrogens with one attached hydrogen (secondary N) is 1. The van der Waals surface area contributed by atoms with Crippen LogP contribution in [0.15, 0.2) is 42.7 Å². The summed E-state index contributed by atoms with van der Waals surface area (Å²) >= 11 is 8.23. The fourth-order valence-corrected chi connectivity index (χ4v) is 4.80. The maximum atomic E-state index is 14.1. The standard InChI is InChI=1S/C25H18ClF7IN7O3/c1-3-44-22(43)15-8-13(34)7-12(2)19(15)37-21(42)17-9-14(38-41(17)20-16(26)5-4-6-35-20)11-40-36-10-18(39-40)23(27,28)24(29,30)25(31,32)33/h4-10H,3,11H2,1-2H3,(H,37,42). The third kappa shape index (κ3) is 6.35. The Morgan fingerprint density at radius 3 is 2.43 bits per heavy atom. The molecular weight excluding hydrogens is 742 g/mol. The summed E-state index contributed by atoms with van der Waals surface area (Å²) in [6.07, 6.45) is -5.17. The van der Waals surface area contributed by atoms with Gasteiger partial charge in [0.2, 0.25) is 0 Å². The van der Waals surface area contributed by atoms with Crippen molar-refractivity contribution in [2.45, 2.75) is 38.4 Å². The number of rotatable bonds is 9. The van der Waals surface area contributed by atoms with Crippen LogP contribution in [-0.2, 0) is 17.2 Å². The van der Waals surface area contributed by atoms with Gasteiger partial charge >= 0.3 is 24.0 Å². The molecule has 0 unspecified atom stereocenters. The molecule has 1 aromatic carbocycles. The normalized spacial score (nSPS) is 12.3. The van der Waals surface area contributed by atoms with Crippen LogP contribution in [0.3, 0.4) is 0 Å². The van der Waals surface area contributed by atoms with Crippen LogP contribution >= 0.6 is 34.2 Å². The van der Waals surface area contributed by atoms with Crippen LogP contribution in [0, 0.1) is 10.5 Å². The van der Waals surface area contributed by atoms with Gasteiger partial charge in [-0.2, -0.15) is 50.8 Å². The van der Waals surface area contributed by atoms with Crippen LogP contribution in [0.5, 0.6) is 0 Å².